The van der Waals surface area contributed by atoms with Crippen molar-refractivity contribution in [3.8, 4) is 0 Å². The van der Waals surface area contributed by atoms with Crippen molar-refractivity contribution in [2.45, 2.75) is 31.3 Å². The van der Waals surface area contributed by atoms with E-state index in [-0.39, 0.29) is 5.91 Å². The monoisotopic (exact) mass is 404 g/mol. The van der Waals surface area contributed by atoms with Gasteiger partial charge in [0, 0.05) is 37.6 Å². The first-order chi connectivity index (χ1) is 13.5. The van der Waals surface area contributed by atoms with Gasteiger partial charge in [0.05, 0.1) is 22.8 Å². The van der Waals surface area contributed by atoms with Crippen LogP contribution in [-0.2, 0) is 11.2 Å². The van der Waals surface area contributed by atoms with Crippen molar-refractivity contribution >= 4 is 28.4 Å². The first-order valence-corrected chi connectivity index (χ1v) is 10.5. The molecule has 4 rings (SSSR count). The van der Waals surface area contributed by atoms with Crippen LogP contribution in [0.2, 0.25) is 5.02 Å². The van der Waals surface area contributed by atoms with E-state index >= 15 is 0 Å². The zero-order chi connectivity index (χ0) is 19.7. The minimum atomic E-state index is -0.546. The minimum absolute atomic E-state index is 0.0337. The summed E-state index contributed by atoms with van der Waals surface area (Å²) in [6.45, 7) is 5.75. The Morgan fingerprint density at radius 1 is 1.25 bits per heavy atom. The number of nitrogens with one attached hydrogen (secondary N) is 1. The Morgan fingerprint density at radius 3 is 2.68 bits per heavy atom. The number of aromatic nitrogens is 2. The van der Waals surface area contributed by atoms with Crippen molar-refractivity contribution < 1.29 is 4.79 Å². The smallest absolute Gasteiger partial charge is 0.239 e. The van der Waals surface area contributed by atoms with Gasteiger partial charge in [0.1, 0.15) is 0 Å². The summed E-state index contributed by atoms with van der Waals surface area (Å²) < 4.78 is 0. The van der Waals surface area contributed by atoms with Crippen molar-refractivity contribution in [2.24, 2.45) is 5.73 Å². The second-order valence-electron chi connectivity index (χ2n) is 8.12. The maximum atomic E-state index is 12.9. The molecule has 152 valence electrons. The second kappa shape index (κ2) is 8.37. The van der Waals surface area contributed by atoms with Crippen LogP contribution in [0.1, 0.15) is 18.4 Å². The summed E-state index contributed by atoms with van der Waals surface area (Å²) in [5.41, 5.74) is 8.04. The summed E-state index contributed by atoms with van der Waals surface area (Å²) in [7, 11) is 2.19. The number of hydrogen-bond donors (Lipinski definition) is 2. The standard InChI is InChI=1S/C20H29ClN6O/c1-25-4-2-16(3-5-25)26-6-8-27(9-7-26)20(28)18(22)12-14-10-15-13-23-24-19(15)17(21)11-14/h10-11,13,16,18H,2-9,12,22H2,1H3,(H,23,24). The van der Waals surface area contributed by atoms with Crippen LogP contribution in [0.25, 0.3) is 10.9 Å². The van der Waals surface area contributed by atoms with E-state index in [9.17, 15) is 4.79 Å². The van der Waals surface area contributed by atoms with Crippen LogP contribution in [0, 0.1) is 0 Å². The summed E-state index contributed by atoms with van der Waals surface area (Å²) in [4.78, 5) is 19.7. The molecule has 1 amide bonds. The lowest BCUT2D eigenvalue weighted by Gasteiger charge is -2.42. The van der Waals surface area contributed by atoms with Gasteiger partial charge >= 0.3 is 0 Å². The number of carbonyl (C=O) groups excluding carboxylic acids is 1. The SMILES string of the molecule is CN1CCC(N2CCN(C(=O)C(N)Cc3cc(Cl)c4[nH]ncc4c3)CC2)CC1. The quantitative estimate of drug-likeness (QED) is 0.803. The number of aromatic amines is 1. The molecule has 8 heteroatoms. The number of amides is 1. The van der Waals surface area contributed by atoms with Crippen LogP contribution in [-0.4, -0.2) is 89.2 Å². The fourth-order valence-electron chi connectivity index (χ4n) is 4.43. The van der Waals surface area contributed by atoms with Crippen LogP contribution in [0.5, 0.6) is 0 Å². The molecule has 2 aliphatic rings. The number of carbonyl (C=O) groups is 1. The molecular formula is C20H29ClN6O. The number of H-pyrrole nitrogens is 1. The lowest BCUT2D eigenvalue weighted by Crippen LogP contribution is -2.56. The molecule has 0 spiro atoms. The van der Waals surface area contributed by atoms with E-state index in [1.165, 1.54) is 12.8 Å². The van der Waals surface area contributed by atoms with Gasteiger partial charge in [0.2, 0.25) is 5.91 Å². The number of likely N-dealkylation sites (tertiary alicyclic amines) is 1. The van der Waals surface area contributed by atoms with Crippen molar-refractivity contribution in [1.82, 2.24) is 24.9 Å². The number of hydrogen-bond acceptors (Lipinski definition) is 5. The third-order valence-corrected chi connectivity index (χ3v) is 6.46. The molecule has 2 aromatic rings. The summed E-state index contributed by atoms with van der Waals surface area (Å²) in [6, 6.07) is 3.98. The second-order valence-corrected chi connectivity index (χ2v) is 8.53. The first-order valence-electron chi connectivity index (χ1n) is 10.1. The predicted molar refractivity (Wildman–Crippen MR) is 111 cm³/mol. The number of benzene rings is 1. The van der Waals surface area contributed by atoms with Gasteiger partial charge in [-0.15, -0.1) is 0 Å². The normalized spacial score (nSPS) is 21.3. The molecule has 0 saturated carbocycles. The van der Waals surface area contributed by atoms with Crippen LogP contribution in [0.4, 0.5) is 0 Å². The number of piperidine rings is 1. The number of nitrogens with zero attached hydrogens (tertiary/aromatic N) is 4. The lowest BCUT2D eigenvalue weighted by molar-refractivity contribution is -0.134. The maximum absolute atomic E-state index is 12.9. The average Bonchev–Trinajstić information content (AvgIpc) is 3.17. The highest BCUT2D eigenvalue weighted by molar-refractivity contribution is 6.35. The van der Waals surface area contributed by atoms with E-state index in [0.717, 1.165) is 55.7 Å². The molecule has 0 radical (unpaired) electrons. The van der Waals surface area contributed by atoms with Gasteiger partial charge in [0.25, 0.3) is 0 Å². The number of piperazine rings is 1. The molecule has 1 unspecified atom stereocenters. The van der Waals surface area contributed by atoms with Gasteiger partial charge in [-0.1, -0.05) is 11.6 Å². The minimum Gasteiger partial charge on any atom is -0.339 e. The van der Waals surface area contributed by atoms with Crippen LogP contribution < -0.4 is 5.73 Å². The van der Waals surface area contributed by atoms with E-state index < -0.39 is 6.04 Å². The fourth-order valence-corrected chi connectivity index (χ4v) is 4.73. The summed E-state index contributed by atoms with van der Waals surface area (Å²) in [6.07, 6.45) is 4.66. The number of nitrogens with two attached hydrogens (primary N) is 1. The molecule has 0 aliphatic carbocycles. The third-order valence-electron chi connectivity index (χ3n) is 6.16. The topological polar surface area (TPSA) is 81.5 Å². The summed E-state index contributed by atoms with van der Waals surface area (Å²) in [5, 5.41) is 8.44. The molecule has 1 atom stereocenters. The van der Waals surface area contributed by atoms with E-state index in [1.54, 1.807) is 6.20 Å². The Morgan fingerprint density at radius 2 is 1.96 bits per heavy atom. The zero-order valence-electron chi connectivity index (χ0n) is 16.4. The molecule has 28 heavy (non-hydrogen) atoms. The molecule has 2 saturated heterocycles. The maximum Gasteiger partial charge on any atom is 0.239 e. The molecular weight excluding hydrogens is 376 g/mol. The Kier molecular flexibility index (Phi) is 5.87. The molecule has 3 heterocycles. The Bertz CT molecular complexity index is 823. The first kappa shape index (κ1) is 19.6. The Balaban J connectivity index is 1.31. The van der Waals surface area contributed by atoms with E-state index in [2.05, 4.69) is 27.0 Å². The van der Waals surface area contributed by atoms with Gasteiger partial charge in [-0.05, 0) is 57.1 Å². The van der Waals surface area contributed by atoms with Crippen LogP contribution in [0.3, 0.4) is 0 Å². The highest BCUT2D eigenvalue weighted by Crippen LogP contribution is 2.24. The van der Waals surface area contributed by atoms with E-state index in [0.29, 0.717) is 17.5 Å². The molecule has 3 N–H and O–H groups in total. The van der Waals surface area contributed by atoms with Crippen molar-refractivity contribution in [1.29, 1.82) is 0 Å². The average molecular weight is 405 g/mol. The zero-order valence-corrected chi connectivity index (χ0v) is 17.2. The van der Waals surface area contributed by atoms with Gasteiger partial charge < -0.3 is 15.5 Å². The largest absolute Gasteiger partial charge is 0.339 e. The van der Waals surface area contributed by atoms with E-state index in [1.807, 2.05) is 17.0 Å². The molecule has 1 aromatic carbocycles. The Hall–Kier alpha value is -1.67. The van der Waals surface area contributed by atoms with Gasteiger partial charge in [0.15, 0.2) is 0 Å². The van der Waals surface area contributed by atoms with Crippen molar-refractivity contribution in [3.63, 3.8) is 0 Å². The van der Waals surface area contributed by atoms with Gasteiger partial charge in [-0.25, -0.2) is 0 Å². The molecule has 0 bridgehead atoms. The molecule has 2 aliphatic heterocycles. The number of rotatable bonds is 4. The lowest BCUT2D eigenvalue weighted by atomic mass is 10.0. The van der Waals surface area contributed by atoms with Crippen LogP contribution >= 0.6 is 11.6 Å². The predicted octanol–water partition coefficient (Wildman–Crippen LogP) is 1.32. The van der Waals surface area contributed by atoms with Gasteiger partial charge in [-0.2, -0.15) is 5.10 Å². The Labute approximate surface area is 170 Å². The third kappa shape index (κ3) is 4.17. The van der Waals surface area contributed by atoms with Crippen molar-refractivity contribution in [2.75, 3.05) is 46.3 Å². The molecule has 1 aromatic heterocycles. The van der Waals surface area contributed by atoms with Crippen molar-refractivity contribution in [3.05, 3.63) is 28.9 Å². The fraction of sp³-hybridized carbons (Fsp3) is 0.600. The molecule has 2 fully saturated rings. The molecule has 7 nitrogen and oxygen atoms in total. The number of halogens is 1. The highest BCUT2D eigenvalue weighted by atomic mass is 35.5. The summed E-state index contributed by atoms with van der Waals surface area (Å²) in [5.74, 6) is 0.0337. The van der Waals surface area contributed by atoms with E-state index in [4.69, 9.17) is 17.3 Å². The van der Waals surface area contributed by atoms with Crippen LogP contribution in [0.15, 0.2) is 18.3 Å². The summed E-state index contributed by atoms with van der Waals surface area (Å²) >= 11 is 6.30. The number of fused-ring (bicyclic) bond motifs is 1. The highest BCUT2D eigenvalue weighted by Gasteiger charge is 2.29. The van der Waals surface area contributed by atoms with Gasteiger partial charge in [-0.3, -0.25) is 14.8 Å².